The minimum Gasteiger partial charge on any atom is -0.496 e. The van der Waals surface area contributed by atoms with E-state index in [0.29, 0.717) is 31.7 Å². The topological polar surface area (TPSA) is 168 Å². The molecule has 16 heteroatoms. The molecule has 2 aliphatic rings. The highest BCUT2D eigenvalue weighted by atomic mass is 32.2. The number of nitrogens with one attached hydrogen (secondary N) is 2. The normalized spacial score (nSPS) is 25.3. The molecule has 2 aromatic rings. The summed E-state index contributed by atoms with van der Waals surface area (Å²) in [6.45, 7) is 1.63. The van der Waals surface area contributed by atoms with Crippen molar-refractivity contribution in [2.45, 2.75) is 74.1 Å². The quantitative estimate of drug-likeness (QED) is 0.290. The van der Waals surface area contributed by atoms with Crippen molar-refractivity contribution in [1.82, 2.24) is 5.32 Å². The molecular weight excluding hydrogens is 628 g/mol. The number of rotatable bonds is 9. The zero-order valence-corrected chi connectivity index (χ0v) is 25.0. The van der Waals surface area contributed by atoms with Gasteiger partial charge >= 0.3 is 11.5 Å². The Balaban J connectivity index is 1.49. The number of aliphatic hydroxyl groups excluding tert-OH is 1. The number of hydrogen-bond acceptors (Lipinski definition) is 8. The van der Waals surface area contributed by atoms with Gasteiger partial charge in [0.15, 0.2) is 11.6 Å². The average molecular weight is 661 g/mol. The minimum atomic E-state index is -5.67. The second kappa shape index (κ2) is 12.8. The zero-order chi connectivity index (χ0) is 33.3. The third-order valence-corrected chi connectivity index (χ3v) is 9.74. The molecule has 0 unspecified atom stereocenters. The Kier molecular flexibility index (Phi) is 9.68. The third kappa shape index (κ3) is 7.32. The van der Waals surface area contributed by atoms with Crippen LogP contribution in [0.15, 0.2) is 41.3 Å². The van der Waals surface area contributed by atoms with Gasteiger partial charge in [-0.15, -0.1) is 0 Å². The van der Waals surface area contributed by atoms with Crippen LogP contribution >= 0.6 is 0 Å². The largest absolute Gasteiger partial charge is 0.501 e. The van der Waals surface area contributed by atoms with Crippen LogP contribution in [0.1, 0.15) is 55.8 Å². The van der Waals surface area contributed by atoms with Gasteiger partial charge < -0.3 is 30.3 Å². The smallest absolute Gasteiger partial charge is 0.496 e. The van der Waals surface area contributed by atoms with E-state index in [0.717, 1.165) is 24.3 Å². The number of benzene rings is 2. The molecule has 2 amide bonds. The van der Waals surface area contributed by atoms with E-state index in [2.05, 4.69) is 10.6 Å². The lowest BCUT2D eigenvalue weighted by Gasteiger charge is -2.34. The second-order valence-electron chi connectivity index (χ2n) is 11.4. The number of amides is 2. The van der Waals surface area contributed by atoms with Crippen molar-refractivity contribution in [3.8, 4) is 11.5 Å². The van der Waals surface area contributed by atoms with Gasteiger partial charge in [-0.3, -0.25) is 14.4 Å². The fourth-order valence-electron chi connectivity index (χ4n) is 5.53. The van der Waals surface area contributed by atoms with E-state index >= 15 is 0 Å². The lowest BCUT2D eigenvalue weighted by Crippen LogP contribution is -2.42. The van der Waals surface area contributed by atoms with Crippen molar-refractivity contribution in [3.05, 3.63) is 47.8 Å². The van der Waals surface area contributed by atoms with Gasteiger partial charge in [0.2, 0.25) is 5.91 Å². The summed E-state index contributed by atoms with van der Waals surface area (Å²) in [5.74, 6) is -4.82. The first-order valence-corrected chi connectivity index (χ1v) is 15.4. The number of anilines is 1. The molecule has 4 rings (SSSR count). The highest BCUT2D eigenvalue weighted by Gasteiger charge is 2.47. The molecule has 0 heterocycles. The number of carboxylic acid groups (broad SMARTS) is 1. The fourth-order valence-corrected chi connectivity index (χ4v) is 6.33. The van der Waals surface area contributed by atoms with Crippen molar-refractivity contribution in [2.24, 2.45) is 11.3 Å². The van der Waals surface area contributed by atoms with Crippen molar-refractivity contribution in [1.29, 1.82) is 0 Å². The first kappa shape index (κ1) is 34.0. The maximum absolute atomic E-state index is 14.9. The maximum Gasteiger partial charge on any atom is 0.501 e. The number of carboxylic acids is 1. The molecule has 0 aliphatic heterocycles. The Labute approximate surface area is 255 Å². The Morgan fingerprint density at radius 3 is 2.31 bits per heavy atom. The number of sulfone groups is 1. The van der Waals surface area contributed by atoms with Crippen molar-refractivity contribution < 1.29 is 60.0 Å². The first-order chi connectivity index (χ1) is 20.9. The fraction of sp³-hybridized carbons (Fsp3) is 0.483. The summed E-state index contributed by atoms with van der Waals surface area (Å²) >= 11 is 0. The number of halogens is 4. The number of aliphatic carboxylic acids is 1. The highest BCUT2D eigenvalue weighted by molar-refractivity contribution is 7.92. The highest BCUT2D eigenvalue weighted by Crippen LogP contribution is 2.39. The van der Waals surface area contributed by atoms with Gasteiger partial charge in [-0.1, -0.05) is 6.07 Å². The molecule has 2 aliphatic carbocycles. The molecule has 246 valence electrons. The van der Waals surface area contributed by atoms with E-state index in [1.54, 1.807) is 6.92 Å². The number of hydrogen-bond donors (Lipinski definition) is 4. The van der Waals surface area contributed by atoms with Crippen molar-refractivity contribution in [2.75, 3.05) is 12.4 Å². The van der Waals surface area contributed by atoms with E-state index in [-0.39, 0.29) is 35.6 Å². The first-order valence-electron chi connectivity index (χ1n) is 13.9. The Bertz CT molecular complexity index is 1570. The van der Waals surface area contributed by atoms with Crippen molar-refractivity contribution in [3.63, 3.8) is 0 Å². The predicted octanol–water partition coefficient (Wildman–Crippen LogP) is 4.05. The van der Waals surface area contributed by atoms with Crippen LogP contribution in [-0.2, 0) is 19.4 Å². The number of carbonyl (C=O) groups excluding carboxylic acids is 2. The van der Waals surface area contributed by atoms with Gasteiger partial charge in [0, 0.05) is 17.8 Å². The van der Waals surface area contributed by atoms with E-state index in [1.165, 1.54) is 13.2 Å². The number of alkyl halides is 3. The van der Waals surface area contributed by atoms with Gasteiger partial charge in [-0.05, 0) is 69.7 Å². The summed E-state index contributed by atoms with van der Waals surface area (Å²) < 4.78 is 88.4. The molecule has 0 aromatic heterocycles. The molecular formula is C29H32F4N2O9S. The summed E-state index contributed by atoms with van der Waals surface area (Å²) in [6, 6.07) is 4.70. The molecule has 0 spiro atoms. The van der Waals surface area contributed by atoms with Crippen LogP contribution in [0.2, 0.25) is 0 Å². The lowest BCUT2D eigenvalue weighted by molar-refractivity contribution is -0.150. The number of methoxy groups -OCH3 is 1. The molecule has 0 saturated heterocycles. The molecule has 45 heavy (non-hydrogen) atoms. The maximum atomic E-state index is 14.9. The molecule has 0 radical (unpaired) electrons. The Morgan fingerprint density at radius 1 is 1.04 bits per heavy atom. The predicted molar refractivity (Wildman–Crippen MR) is 150 cm³/mol. The Morgan fingerprint density at radius 2 is 1.71 bits per heavy atom. The van der Waals surface area contributed by atoms with Crippen LogP contribution in [0, 0.1) is 17.2 Å². The summed E-state index contributed by atoms with van der Waals surface area (Å²) in [7, 11) is -4.46. The summed E-state index contributed by atoms with van der Waals surface area (Å²) in [5.41, 5.74) is -6.86. The molecule has 3 atom stereocenters. The SMILES string of the molecule is COc1cc(F)c(O[C@H]2CC[C@@](C)(C(=O)O)CC2)cc1C(=O)N[C@@H]1C[C@@H](O)C[C@@H]1C(=O)Nc1cccc(S(=O)(=O)C(F)(F)F)c1. The van der Waals surface area contributed by atoms with Crippen molar-refractivity contribution >= 4 is 33.3 Å². The van der Waals surface area contributed by atoms with Gasteiger partial charge in [0.25, 0.3) is 15.7 Å². The standard InChI is InChI=1S/C29H32F4N2O9S/c1-28(27(39)40)8-6-17(7-9-28)44-24-13-20(23(43-2)14-21(24)30)26(38)35-22-12-16(36)11-19(22)25(37)34-15-4-3-5-18(10-15)45(41,42)29(31,32)33/h3-5,10,13-14,16-17,19,22,36H,6-9,11-12H2,1-2H3,(H,34,37)(H,35,38)(H,39,40)/t16-,17-,19-,22+,28+/m0/s1. The number of ether oxygens (including phenoxy) is 2. The van der Waals surface area contributed by atoms with Crippen LogP contribution in [0.3, 0.4) is 0 Å². The molecule has 2 saturated carbocycles. The van der Waals surface area contributed by atoms with Crippen LogP contribution in [-0.4, -0.2) is 67.3 Å². The van der Waals surface area contributed by atoms with E-state index < -0.39 is 73.4 Å². The average Bonchev–Trinajstić information content (AvgIpc) is 3.34. The van der Waals surface area contributed by atoms with Crippen LogP contribution in [0.5, 0.6) is 11.5 Å². The van der Waals surface area contributed by atoms with E-state index in [1.807, 2.05) is 0 Å². The molecule has 11 nitrogen and oxygen atoms in total. The number of carbonyl (C=O) groups is 3. The third-order valence-electron chi connectivity index (χ3n) is 8.25. The summed E-state index contributed by atoms with van der Waals surface area (Å²) in [4.78, 5) is 36.9. The van der Waals surface area contributed by atoms with Crippen LogP contribution in [0.25, 0.3) is 0 Å². The van der Waals surface area contributed by atoms with Crippen LogP contribution < -0.4 is 20.1 Å². The monoisotopic (exact) mass is 660 g/mol. The molecule has 0 bridgehead atoms. The van der Waals surface area contributed by atoms with Crippen LogP contribution in [0.4, 0.5) is 23.2 Å². The van der Waals surface area contributed by atoms with E-state index in [9.17, 15) is 50.6 Å². The molecule has 2 aromatic carbocycles. The Hall–Kier alpha value is -3.92. The van der Waals surface area contributed by atoms with Gasteiger partial charge in [0.1, 0.15) is 5.75 Å². The summed E-state index contributed by atoms with van der Waals surface area (Å²) in [6.07, 6.45) is -0.400. The molecule has 2 fully saturated rings. The zero-order valence-electron chi connectivity index (χ0n) is 24.2. The van der Waals surface area contributed by atoms with Gasteiger partial charge in [0.05, 0.1) is 41.1 Å². The minimum absolute atomic E-state index is 0.0659. The lowest BCUT2D eigenvalue weighted by atomic mass is 9.75. The van der Waals surface area contributed by atoms with E-state index in [4.69, 9.17) is 9.47 Å². The summed E-state index contributed by atoms with van der Waals surface area (Å²) in [5, 5.41) is 24.7. The molecule has 4 N–H and O–H groups in total. The van der Waals surface area contributed by atoms with Gasteiger partial charge in [-0.25, -0.2) is 12.8 Å². The van der Waals surface area contributed by atoms with Gasteiger partial charge in [-0.2, -0.15) is 13.2 Å². The second-order valence-corrected chi connectivity index (χ2v) is 13.4. The number of aliphatic hydroxyl groups is 1.